The van der Waals surface area contributed by atoms with Gasteiger partial charge in [-0.05, 0) is 55.9 Å². The Bertz CT molecular complexity index is 579. The van der Waals surface area contributed by atoms with Crippen molar-refractivity contribution < 1.29 is 4.39 Å². The summed E-state index contributed by atoms with van der Waals surface area (Å²) >= 11 is 0. The van der Waals surface area contributed by atoms with Crippen LogP contribution in [0.4, 0.5) is 10.1 Å². The van der Waals surface area contributed by atoms with Gasteiger partial charge >= 0.3 is 0 Å². The lowest BCUT2D eigenvalue weighted by molar-refractivity contribution is 0.402. The average Bonchev–Trinajstić information content (AvgIpc) is 2.40. The molecule has 2 aromatic rings. The van der Waals surface area contributed by atoms with Gasteiger partial charge in [-0.3, -0.25) is 0 Å². The van der Waals surface area contributed by atoms with Gasteiger partial charge in [0.05, 0.1) is 0 Å². The molecule has 0 saturated carbocycles. The number of aryl methyl sites for hydroxylation is 1. The first kappa shape index (κ1) is 14.5. The van der Waals surface area contributed by atoms with Crippen molar-refractivity contribution in [2.75, 3.05) is 19.4 Å². The van der Waals surface area contributed by atoms with Crippen LogP contribution in [0.5, 0.6) is 0 Å². The Morgan fingerprint density at radius 2 is 1.85 bits per heavy atom. The van der Waals surface area contributed by atoms with Gasteiger partial charge in [-0.25, -0.2) is 4.39 Å². The van der Waals surface area contributed by atoms with Crippen LogP contribution < -0.4 is 5.32 Å². The van der Waals surface area contributed by atoms with Crippen LogP contribution in [0.1, 0.15) is 16.7 Å². The summed E-state index contributed by atoms with van der Waals surface area (Å²) in [6.45, 7) is 3.41. The van der Waals surface area contributed by atoms with Crippen LogP contribution in [-0.2, 0) is 13.1 Å². The molecule has 106 valence electrons. The van der Waals surface area contributed by atoms with E-state index in [1.165, 1.54) is 11.6 Å². The minimum Gasteiger partial charge on any atom is -0.381 e. The number of nitrogens with zero attached hydrogens (tertiary/aromatic N) is 1. The summed E-state index contributed by atoms with van der Waals surface area (Å²) in [5, 5.41) is 3.38. The van der Waals surface area contributed by atoms with E-state index in [4.69, 9.17) is 0 Å². The highest BCUT2D eigenvalue weighted by atomic mass is 19.1. The first-order valence-electron chi connectivity index (χ1n) is 6.77. The summed E-state index contributed by atoms with van der Waals surface area (Å²) < 4.78 is 13.2. The summed E-state index contributed by atoms with van der Waals surface area (Å²) in [5.74, 6) is -0.151. The Labute approximate surface area is 120 Å². The van der Waals surface area contributed by atoms with Crippen molar-refractivity contribution in [2.45, 2.75) is 20.0 Å². The number of benzene rings is 2. The normalized spacial score (nSPS) is 10.8. The van der Waals surface area contributed by atoms with Crippen molar-refractivity contribution in [3.05, 3.63) is 65.0 Å². The zero-order chi connectivity index (χ0) is 14.5. The maximum atomic E-state index is 13.2. The van der Waals surface area contributed by atoms with Crippen LogP contribution in [0.25, 0.3) is 0 Å². The number of anilines is 1. The second kappa shape index (κ2) is 6.53. The van der Waals surface area contributed by atoms with Crippen LogP contribution in [-0.4, -0.2) is 19.0 Å². The number of hydrogen-bond donors (Lipinski definition) is 1. The van der Waals surface area contributed by atoms with E-state index in [0.29, 0.717) is 12.1 Å². The number of halogens is 1. The van der Waals surface area contributed by atoms with Crippen molar-refractivity contribution in [3.8, 4) is 0 Å². The molecule has 0 amide bonds. The SMILES string of the molecule is Cc1cc(CNc2cccc(CN(C)C)c2)ccc1F. The van der Waals surface area contributed by atoms with Gasteiger partial charge in [-0.2, -0.15) is 0 Å². The second-order valence-corrected chi connectivity index (χ2v) is 5.38. The lowest BCUT2D eigenvalue weighted by Gasteiger charge is -2.12. The second-order valence-electron chi connectivity index (χ2n) is 5.38. The fourth-order valence-electron chi connectivity index (χ4n) is 2.17. The molecule has 3 heteroatoms. The quantitative estimate of drug-likeness (QED) is 0.890. The van der Waals surface area contributed by atoms with Gasteiger partial charge < -0.3 is 10.2 Å². The van der Waals surface area contributed by atoms with Crippen molar-refractivity contribution in [1.29, 1.82) is 0 Å². The lowest BCUT2D eigenvalue weighted by atomic mass is 10.1. The van der Waals surface area contributed by atoms with E-state index in [0.717, 1.165) is 17.8 Å². The predicted octanol–water partition coefficient (Wildman–Crippen LogP) is 3.81. The van der Waals surface area contributed by atoms with E-state index in [9.17, 15) is 4.39 Å². The Kier molecular flexibility index (Phi) is 4.74. The van der Waals surface area contributed by atoms with E-state index in [1.807, 2.05) is 12.1 Å². The molecular weight excluding hydrogens is 251 g/mol. The third-order valence-electron chi connectivity index (χ3n) is 3.14. The molecule has 0 heterocycles. The zero-order valence-electron chi connectivity index (χ0n) is 12.3. The number of nitrogens with one attached hydrogen (secondary N) is 1. The highest BCUT2D eigenvalue weighted by Gasteiger charge is 2.01. The number of hydrogen-bond acceptors (Lipinski definition) is 2. The maximum absolute atomic E-state index is 13.2. The molecule has 0 aliphatic heterocycles. The van der Waals surface area contributed by atoms with Gasteiger partial charge in [0, 0.05) is 18.8 Å². The minimum atomic E-state index is -0.151. The molecule has 0 aliphatic carbocycles. The molecule has 0 aromatic heterocycles. The summed E-state index contributed by atoms with van der Waals surface area (Å²) in [4.78, 5) is 2.14. The van der Waals surface area contributed by atoms with E-state index >= 15 is 0 Å². The Balaban J connectivity index is 2.01. The summed E-state index contributed by atoms with van der Waals surface area (Å²) in [7, 11) is 4.11. The molecule has 0 bridgehead atoms. The third-order valence-corrected chi connectivity index (χ3v) is 3.14. The molecule has 0 radical (unpaired) electrons. The van der Waals surface area contributed by atoms with E-state index < -0.39 is 0 Å². The van der Waals surface area contributed by atoms with Crippen LogP contribution in [0.3, 0.4) is 0 Å². The first-order valence-corrected chi connectivity index (χ1v) is 6.77. The molecular formula is C17H21FN2. The smallest absolute Gasteiger partial charge is 0.126 e. The molecule has 20 heavy (non-hydrogen) atoms. The highest BCUT2D eigenvalue weighted by molar-refractivity contribution is 5.46. The molecule has 0 aliphatic rings. The standard InChI is InChI=1S/C17H21FN2/c1-13-9-14(7-8-17(13)18)11-19-16-6-4-5-15(10-16)12-20(2)3/h4-10,19H,11-12H2,1-3H3. The summed E-state index contributed by atoms with van der Waals surface area (Å²) in [6.07, 6.45) is 0. The predicted molar refractivity (Wildman–Crippen MR) is 82.3 cm³/mol. The highest BCUT2D eigenvalue weighted by Crippen LogP contribution is 2.14. The Hall–Kier alpha value is -1.87. The molecule has 0 atom stereocenters. The lowest BCUT2D eigenvalue weighted by Crippen LogP contribution is -2.10. The summed E-state index contributed by atoms with van der Waals surface area (Å²) in [5.41, 5.74) is 4.13. The van der Waals surface area contributed by atoms with Crippen molar-refractivity contribution >= 4 is 5.69 Å². The summed E-state index contributed by atoms with van der Waals surface area (Å²) in [6, 6.07) is 13.6. The monoisotopic (exact) mass is 272 g/mol. The van der Waals surface area contributed by atoms with Gasteiger partial charge in [0.25, 0.3) is 0 Å². The van der Waals surface area contributed by atoms with Gasteiger partial charge in [0.15, 0.2) is 0 Å². The zero-order valence-corrected chi connectivity index (χ0v) is 12.3. The Morgan fingerprint density at radius 1 is 1.05 bits per heavy atom. The van der Waals surface area contributed by atoms with Crippen molar-refractivity contribution in [1.82, 2.24) is 4.90 Å². The molecule has 1 N–H and O–H groups in total. The van der Waals surface area contributed by atoms with Gasteiger partial charge in [0.1, 0.15) is 5.82 Å². The fourth-order valence-corrected chi connectivity index (χ4v) is 2.17. The molecule has 0 unspecified atom stereocenters. The Morgan fingerprint density at radius 3 is 2.55 bits per heavy atom. The maximum Gasteiger partial charge on any atom is 0.126 e. The molecule has 2 nitrogen and oxygen atoms in total. The molecule has 2 rings (SSSR count). The molecule has 0 spiro atoms. The fraction of sp³-hybridized carbons (Fsp3) is 0.294. The van der Waals surface area contributed by atoms with E-state index in [2.05, 4.69) is 48.6 Å². The van der Waals surface area contributed by atoms with E-state index in [1.54, 1.807) is 6.92 Å². The van der Waals surface area contributed by atoms with E-state index in [-0.39, 0.29) is 5.82 Å². The van der Waals surface area contributed by atoms with Crippen LogP contribution in [0, 0.1) is 12.7 Å². The molecule has 0 fully saturated rings. The van der Waals surface area contributed by atoms with Crippen LogP contribution in [0.15, 0.2) is 42.5 Å². The van der Waals surface area contributed by atoms with Crippen LogP contribution >= 0.6 is 0 Å². The molecule has 2 aromatic carbocycles. The number of rotatable bonds is 5. The first-order chi connectivity index (χ1) is 9.54. The largest absolute Gasteiger partial charge is 0.381 e. The van der Waals surface area contributed by atoms with Gasteiger partial charge in [-0.1, -0.05) is 24.3 Å². The molecule has 0 saturated heterocycles. The van der Waals surface area contributed by atoms with Crippen molar-refractivity contribution in [3.63, 3.8) is 0 Å². The average molecular weight is 272 g/mol. The van der Waals surface area contributed by atoms with Gasteiger partial charge in [0.2, 0.25) is 0 Å². The van der Waals surface area contributed by atoms with Crippen molar-refractivity contribution in [2.24, 2.45) is 0 Å². The van der Waals surface area contributed by atoms with Crippen LogP contribution in [0.2, 0.25) is 0 Å². The minimum absolute atomic E-state index is 0.151. The topological polar surface area (TPSA) is 15.3 Å². The van der Waals surface area contributed by atoms with Gasteiger partial charge in [-0.15, -0.1) is 0 Å². The third kappa shape index (κ3) is 4.07.